The third-order valence-corrected chi connectivity index (χ3v) is 4.47. The van der Waals surface area contributed by atoms with E-state index >= 15 is 0 Å². The molecule has 0 radical (unpaired) electrons. The van der Waals surface area contributed by atoms with Gasteiger partial charge in [-0.25, -0.2) is 0 Å². The van der Waals surface area contributed by atoms with Gasteiger partial charge < -0.3 is 5.21 Å². The Bertz CT molecular complexity index is 176. The zero-order valence-corrected chi connectivity index (χ0v) is 14.5. The lowest BCUT2D eigenvalue weighted by Gasteiger charge is -2.32. The molecule has 2 heteroatoms. The summed E-state index contributed by atoms with van der Waals surface area (Å²) in [4.78, 5) is 0. The molecule has 0 rings (SSSR count). The van der Waals surface area contributed by atoms with E-state index in [1.54, 1.807) is 5.06 Å². The Morgan fingerprint density at radius 3 is 1.35 bits per heavy atom. The topological polar surface area (TPSA) is 23.5 Å². The normalized spacial score (nSPS) is 14.7. The molecule has 0 aromatic heterocycles. The fraction of sp³-hybridized carbons (Fsp3) is 1.00. The van der Waals surface area contributed by atoms with Gasteiger partial charge in [0.2, 0.25) is 0 Å². The summed E-state index contributed by atoms with van der Waals surface area (Å²) in [5, 5.41) is 12.2. The van der Waals surface area contributed by atoms with Crippen molar-refractivity contribution >= 4 is 0 Å². The molecule has 0 bridgehead atoms. The highest BCUT2D eigenvalue weighted by atomic mass is 16.5. The van der Waals surface area contributed by atoms with E-state index in [1.165, 1.54) is 51.4 Å². The van der Waals surface area contributed by atoms with Crippen LogP contribution in [0.3, 0.4) is 0 Å². The van der Waals surface area contributed by atoms with Gasteiger partial charge in [-0.3, -0.25) is 0 Å². The van der Waals surface area contributed by atoms with E-state index in [9.17, 15) is 5.21 Å². The van der Waals surface area contributed by atoms with Crippen molar-refractivity contribution in [3.8, 4) is 0 Å². The van der Waals surface area contributed by atoms with E-state index in [0.29, 0.717) is 12.1 Å². The molecule has 0 aliphatic heterocycles. The molecule has 2 atom stereocenters. The van der Waals surface area contributed by atoms with Crippen molar-refractivity contribution in [3.05, 3.63) is 0 Å². The Hall–Kier alpha value is -0.0800. The van der Waals surface area contributed by atoms with Gasteiger partial charge in [0.15, 0.2) is 0 Å². The Kier molecular flexibility index (Phi) is 13.8. The van der Waals surface area contributed by atoms with Crippen LogP contribution < -0.4 is 0 Å². The van der Waals surface area contributed by atoms with Gasteiger partial charge in [0.25, 0.3) is 0 Å². The molecule has 0 aromatic carbocycles. The Morgan fingerprint density at radius 2 is 1.05 bits per heavy atom. The van der Waals surface area contributed by atoms with Crippen LogP contribution in [0.1, 0.15) is 105 Å². The molecule has 0 amide bonds. The van der Waals surface area contributed by atoms with Crippen molar-refractivity contribution in [1.82, 2.24) is 5.06 Å². The first-order valence-corrected chi connectivity index (χ1v) is 9.18. The van der Waals surface area contributed by atoms with Crippen LogP contribution in [0.4, 0.5) is 0 Å². The average molecular weight is 286 g/mol. The molecule has 2 nitrogen and oxygen atoms in total. The molecule has 122 valence electrons. The van der Waals surface area contributed by atoms with Gasteiger partial charge in [0.1, 0.15) is 0 Å². The van der Waals surface area contributed by atoms with Crippen molar-refractivity contribution in [2.45, 2.75) is 117 Å². The van der Waals surface area contributed by atoms with Crippen molar-refractivity contribution in [3.63, 3.8) is 0 Å². The second-order valence-corrected chi connectivity index (χ2v) is 6.20. The molecule has 1 N–H and O–H groups in total. The molecule has 2 unspecified atom stereocenters. The van der Waals surface area contributed by atoms with E-state index in [1.807, 2.05) is 0 Å². The maximum absolute atomic E-state index is 10.5. The van der Waals surface area contributed by atoms with Gasteiger partial charge in [0, 0.05) is 12.1 Å². The number of rotatable bonds is 14. The minimum absolute atomic E-state index is 0.364. The number of unbranched alkanes of at least 4 members (excludes halogenated alkanes) is 6. The number of hydrogen-bond acceptors (Lipinski definition) is 2. The van der Waals surface area contributed by atoms with Crippen LogP contribution in [0.25, 0.3) is 0 Å². The molecule has 0 aromatic rings. The van der Waals surface area contributed by atoms with Gasteiger partial charge in [0.05, 0.1) is 0 Å². The van der Waals surface area contributed by atoms with Gasteiger partial charge in [-0.1, -0.05) is 79.1 Å². The van der Waals surface area contributed by atoms with Crippen LogP contribution in [0.2, 0.25) is 0 Å². The predicted octanol–water partition coefficient (Wildman–Crippen LogP) is 6.18. The van der Waals surface area contributed by atoms with Crippen molar-refractivity contribution in [2.24, 2.45) is 0 Å². The Balaban J connectivity index is 4.06. The first-order valence-electron chi connectivity index (χ1n) is 9.18. The smallest absolute Gasteiger partial charge is 0.0350 e. The number of nitrogens with zero attached hydrogens (tertiary/aromatic N) is 1. The maximum Gasteiger partial charge on any atom is 0.0350 e. The maximum atomic E-state index is 10.5. The van der Waals surface area contributed by atoms with Gasteiger partial charge in [-0.05, 0) is 25.7 Å². The molecule has 20 heavy (non-hydrogen) atoms. The highest BCUT2D eigenvalue weighted by Gasteiger charge is 2.21. The molecule has 0 spiro atoms. The van der Waals surface area contributed by atoms with E-state index in [0.717, 1.165) is 25.7 Å². The molecule has 0 aliphatic rings. The second kappa shape index (κ2) is 13.9. The standard InChI is InChI=1S/C18H39NO/c1-5-9-11-13-15-17(7-3)19(20)18(8-4)16-14-12-10-6-2/h17-18,20H,5-16H2,1-4H3. The van der Waals surface area contributed by atoms with Crippen LogP contribution in [-0.4, -0.2) is 22.4 Å². The lowest BCUT2D eigenvalue weighted by Crippen LogP contribution is -2.40. The lowest BCUT2D eigenvalue weighted by molar-refractivity contribution is -0.165. The summed E-state index contributed by atoms with van der Waals surface area (Å²) in [6.07, 6.45) is 14.8. The molecule has 0 heterocycles. The quantitative estimate of drug-likeness (QED) is 0.304. The summed E-state index contributed by atoms with van der Waals surface area (Å²) < 4.78 is 0. The summed E-state index contributed by atoms with van der Waals surface area (Å²) in [5.74, 6) is 0. The van der Waals surface area contributed by atoms with Gasteiger partial charge in [-0.2, -0.15) is 5.06 Å². The van der Waals surface area contributed by atoms with Crippen LogP contribution in [-0.2, 0) is 0 Å². The predicted molar refractivity (Wildman–Crippen MR) is 89.3 cm³/mol. The summed E-state index contributed by atoms with van der Waals surface area (Å²) in [7, 11) is 0. The third-order valence-electron chi connectivity index (χ3n) is 4.47. The van der Waals surface area contributed by atoms with Gasteiger partial charge in [-0.15, -0.1) is 0 Å². The highest BCUT2D eigenvalue weighted by molar-refractivity contribution is 4.72. The van der Waals surface area contributed by atoms with E-state index in [2.05, 4.69) is 27.7 Å². The summed E-state index contributed by atoms with van der Waals surface area (Å²) in [6.45, 7) is 8.91. The van der Waals surface area contributed by atoms with Crippen LogP contribution in [0.5, 0.6) is 0 Å². The molecular formula is C18H39NO. The van der Waals surface area contributed by atoms with E-state index in [4.69, 9.17) is 0 Å². The first kappa shape index (κ1) is 19.9. The van der Waals surface area contributed by atoms with E-state index in [-0.39, 0.29) is 0 Å². The summed E-state index contributed by atoms with van der Waals surface area (Å²) in [5.41, 5.74) is 0. The van der Waals surface area contributed by atoms with Crippen LogP contribution in [0, 0.1) is 0 Å². The molecular weight excluding hydrogens is 246 g/mol. The zero-order chi connectivity index (χ0) is 15.2. The van der Waals surface area contributed by atoms with Crippen LogP contribution in [0.15, 0.2) is 0 Å². The Morgan fingerprint density at radius 1 is 0.650 bits per heavy atom. The average Bonchev–Trinajstić information content (AvgIpc) is 2.47. The van der Waals surface area contributed by atoms with Crippen LogP contribution >= 0.6 is 0 Å². The zero-order valence-electron chi connectivity index (χ0n) is 14.5. The highest BCUT2D eigenvalue weighted by Crippen LogP contribution is 2.20. The first-order chi connectivity index (χ1) is 9.71. The second-order valence-electron chi connectivity index (χ2n) is 6.20. The SMILES string of the molecule is CCCCCCC(CC)N(O)C(CC)CCCCCC. The van der Waals surface area contributed by atoms with Crippen molar-refractivity contribution < 1.29 is 5.21 Å². The minimum Gasteiger partial charge on any atom is -0.313 e. The molecule has 0 fully saturated rings. The summed E-state index contributed by atoms with van der Waals surface area (Å²) in [6, 6.07) is 0.728. The molecule has 0 aliphatic carbocycles. The fourth-order valence-corrected chi connectivity index (χ4v) is 2.96. The van der Waals surface area contributed by atoms with Gasteiger partial charge >= 0.3 is 0 Å². The van der Waals surface area contributed by atoms with E-state index < -0.39 is 0 Å². The largest absolute Gasteiger partial charge is 0.313 e. The minimum atomic E-state index is 0.364. The lowest BCUT2D eigenvalue weighted by atomic mass is 10.00. The fourth-order valence-electron chi connectivity index (χ4n) is 2.96. The number of hydroxylamine groups is 2. The monoisotopic (exact) mass is 285 g/mol. The van der Waals surface area contributed by atoms with Crippen molar-refractivity contribution in [1.29, 1.82) is 0 Å². The number of hydrogen-bond donors (Lipinski definition) is 1. The summed E-state index contributed by atoms with van der Waals surface area (Å²) >= 11 is 0. The third kappa shape index (κ3) is 8.97. The Labute approximate surface area is 127 Å². The molecule has 0 saturated heterocycles. The van der Waals surface area contributed by atoms with Crippen molar-refractivity contribution in [2.75, 3.05) is 0 Å². The molecule has 0 saturated carbocycles.